The number of nitrogens with two attached hydrogens (primary N) is 1. The minimum absolute atomic E-state index is 0.00484. The second-order valence-electron chi connectivity index (χ2n) is 17.7. The first-order valence-electron chi connectivity index (χ1n) is 22.8. The minimum Gasteiger partial charge on any atom is -0.478 e. The molecule has 0 unspecified atom stereocenters. The normalized spacial score (nSPS) is 11.6. The van der Waals surface area contributed by atoms with Gasteiger partial charge in [0, 0.05) is 12.8 Å². The number of aromatic carboxylic acids is 1. The van der Waals surface area contributed by atoms with E-state index in [1.54, 1.807) is 79.7 Å². The summed E-state index contributed by atoms with van der Waals surface area (Å²) < 4.78 is 19.8. The van der Waals surface area contributed by atoms with Gasteiger partial charge < -0.3 is 45.7 Å². The van der Waals surface area contributed by atoms with E-state index in [0.29, 0.717) is 0 Å². The van der Waals surface area contributed by atoms with Gasteiger partial charge in [0.2, 0.25) is 0 Å². The lowest BCUT2D eigenvalue weighted by Crippen LogP contribution is -2.43. The fraction of sp³-hybridized carbons (Fsp3) is 0.385. The standard InChI is InChI=1S/C26H30Cl2N2O6.C13H8Cl2O2.C13H24N2O5/c1-5-35-24(33)21(12-11-18(31)15-29-25(34)36-26(2,3)4)30-23(32)22-19(27)13-17(14-20(22)28)16-9-7-6-8-10-16;14-10-6-9(8-4-2-1-3-5-8)7-11(15)12(10)13(16)17;1-5-19-11(17)10(14)7-6-9(16)8-15-12(18)20-13(2,3)4/h6-10,13-14,21H,5,11-12,15H2,1-4H3,(H,29,34)(H,30,32);1-7H,(H,16,17);10H,5-8,14H2,1-4H3,(H,15,18)/t21-;;10-/m0.0/s1. The van der Waals surface area contributed by atoms with Crippen LogP contribution in [0.1, 0.15) is 102 Å². The molecule has 17 nitrogen and oxygen atoms in total. The van der Waals surface area contributed by atoms with E-state index in [4.69, 9.17) is 76.2 Å². The number of halogens is 4. The van der Waals surface area contributed by atoms with Crippen LogP contribution in [0, 0.1) is 0 Å². The first-order chi connectivity index (χ1) is 34.2. The fourth-order valence-corrected chi connectivity index (χ4v) is 7.33. The quantitative estimate of drug-likeness (QED) is 0.0433. The monoisotopic (exact) mass is 1090 g/mol. The molecule has 0 saturated heterocycles. The van der Waals surface area contributed by atoms with Crippen LogP contribution < -0.4 is 21.7 Å². The van der Waals surface area contributed by atoms with Gasteiger partial charge in [0.15, 0.2) is 11.6 Å². The molecule has 2 atom stereocenters. The number of hydrogen-bond acceptors (Lipinski definition) is 13. The second-order valence-corrected chi connectivity index (χ2v) is 19.3. The lowest BCUT2D eigenvalue weighted by Gasteiger charge is -2.20. The summed E-state index contributed by atoms with van der Waals surface area (Å²) in [6.45, 7) is 13.5. The van der Waals surface area contributed by atoms with Crippen LogP contribution >= 0.6 is 46.4 Å². The Morgan fingerprint density at radius 1 is 0.562 bits per heavy atom. The smallest absolute Gasteiger partial charge is 0.408 e. The van der Waals surface area contributed by atoms with Crippen molar-refractivity contribution in [2.75, 3.05) is 26.3 Å². The van der Waals surface area contributed by atoms with Gasteiger partial charge in [-0.3, -0.25) is 19.2 Å². The van der Waals surface area contributed by atoms with Crippen molar-refractivity contribution in [3.63, 3.8) is 0 Å². The number of carboxylic acids is 1. The Kier molecular flexibility index (Phi) is 26.5. The number of ketones is 2. The molecule has 0 saturated carbocycles. The largest absolute Gasteiger partial charge is 0.478 e. The SMILES string of the molecule is CCOC(=O)[C@@H](N)CCC(=O)CNC(=O)OC(C)(C)C.CCOC(=O)[C@H](CCC(=O)CNC(=O)OC(C)(C)C)NC(=O)c1c(Cl)cc(-c2ccccc2)cc1Cl.O=C(O)c1c(Cl)cc(-c2ccccc2)cc1Cl. The molecule has 396 valence electrons. The maximum atomic E-state index is 13.0. The lowest BCUT2D eigenvalue weighted by atomic mass is 10.0. The highest BCUT2D eigenvalue weighted by Crippen LogP contribution is 2.33. The number of carbonyl (C=O) groups is 8. The molecule has 0 aliphatic rings. The molecule has 4 aromatic rings. The van der Waals surface area contributed by atoms with Crippen molar-refractivity contribution in [2.24, 2.45) is 5.73 Å². The average Bonchev–Trinajstić information content (AvgIpc) is 3.30. The molecule has 0 spiro atoms. The van der Waals surface area contributed by atoms with Crippen molar-refractivity contribution in [1.29, 1.82) is 0 Å². The molecule has 0 fully saturated rings. The van der Waals surface area contributed by atoms with Gasteiger partial charge in [-0.05, 0) is 115 Å². The molecule has 73 heavy (non-hydrogen) atoms. The maximum Gasteiger partial charge on any atom is 0.408 e. The van der Waals surface area contributed by atoms with Crippen molar-refractivity contribution < 1.29 is 62.4 Å². The van der Waals surface area contributed by atoms with E-state index in [1.807, 2.05) is 60.7 Å². The molecular formula is C52H62Cl4N4O13. The van der Waals surface area contributed by atoms with E-state index < -0.39 is 59.3 Å². The highest BCUT2D eigenvalue weighted by molar-refractivity contribution is 6.40. The van der Waals surface area contributed by atoms with Crippen molar-refractivity contribution in [3.8, 4) is 22.3 Å². The summed E-state index contributed by atoms with van der Waals surface area (Å²) in [4.78, 5) is 94.4. The van der Waals surface area contributed by atoms with Crippen LogP contribution in [0.3, 0.4) is 0 Å². The number of alkyl carbamates (subject to hydrolysis) is 2. The molecule has 0 heterocycles. The summed E-state index contributed by atoms with van der Waals surface area (Å²) in [6.07, 6.45) is -1.25. The first kappa shape index (κ1) is 62.9. The zero-order chi connectivity index (χ0) is 55.1. The molecule has 4 rings (SSSR count). The van der Waals surface area contributed by atoms with Gasteiger partial charge in [0.1, 0.15) is 23.3 Å². The molecule has 21 heteroatoms. The van der Waals surface area contributed by atoms with E-state index in [1.165, 1.54) is 0 Å². The first-order valence-corrected chi connectivity index (χ1v) is 24.4. The van der Waals surface area contributed by atoms with Gasteiger partial charge in [0.05, 0.1) is 57.5 Å². The molecule has 0 aromatic heterocycles. The molecular weight excluding hydrogens is 1030 g/mol. The van der Waals surface area contributed by atoms with E-state index in [-0.39, 0.29) is 94.8 Å². The zero-order valence-electron chi connectivity index (χ0n) is 41.8. The van der Waals surface area contributed by atoms with Gasteiger partial charge in [0.25, 0.3) is 5.91 Å². The average molecular weight is 1090 g/mol. The van der Waals surface area contributed by atoms with Crippen LogP contribution in [0.25, 0.3) is 22.3 Å². The van der Waals surface area contributed by atoms with Crippen molar-refractivity contribution in [1.82, 2.24) is 16.0 Å². The summed E-state index contributed by atoms with van der Waals surface area (Å²) in [5, 5.41) is 16.7. The molecule has 0 bridgehead atoms. The Morgan fingerprint density at radius 3 is 1.30 bits per heavy atom. The third kappa shape index (κ3) is 23.9. The predicted octanol–water partition coefficient (Wildman–Crippen LogP) is 10.3. The summed E-state index contributed by atoms with van der Waals surface area (Å²) in [6, 6.07) is 23.4. The second kappa shape index (κ2) is 30.7. The van der Waals surface area contributed by atoms with E-state index in [2.05, 4.69) is 16.0 Å². The predicted molar refractivity (Wildman–Crippen MR) is 280 cm³/mol. The van der Waals surface area contributed by atoms with Crippen molar-refractivity contribution in [3.05, 3.63) is 116 Å². The Morgan fingerprint density at radius 2 is 0.932 bits per heavy atom. The molecule has 0 radical (unpaired) electrons. The van der Waals surface area contributed by atoms with Crippen LogP contribution in [-0.2, 0) is 38.1 Å². The Bertz CT molecular complexity index is 2490. The number of benzene rings is 4. The topological polar surface area (TPSA) is 256 Å². The number of ether oxygens (including phenoxy) is 4. The van der Waals surface area contributed by atoms with Crippen molar-refractivity contribution >= 4 is 94.0 Å². The van der Waals surface area contributed by atoms with Crippen LogP contribution in [0.4, 0.5) is 9.59 Å². The number of carbonyl (C=O) groups excluding carboxylic acids is 7. The van der Waals surface area contributed by atoms with Crippen LogP contribution in [0.2, 0.25) is 20.1 Å². The van der Waals surface area contributed by atoms with Crippen LogP contribution in [0.15, 0.2) is 84.9 Å². The summed E-state index contributed by atoms with van der Waals surface area (Å²) in [5.41, 5.74) is 7.52. The molecule has 4 aromatic carbocycles. The van der Waals surface area contributed by atoms with Crippen LogP contribution in [-0.4, -0.2) is 102 Å². The van der Waals surface area contributed by atoms with Gasteiger partial charge in [-0.2, -0.15) is 0 Å². The number of amides is 3. The van der Waals surface area contributed by atoms with Gasteiger partial charge in [-0.15, -0.1) is 0 Å². The van der Waals surface area contributed by atoms with E-state index in [9.17, 15) is 38.4 Å². The summed E-state index contributed by atoms with van der Waals surface area (Å²) >= 11 is 24.6. The molecule has 0 aliphatic carbocycles. The van der Waals surface area contributed by atoms with Gasteiger partial charge >= 0.3 is 30.1 Å². The number of rotatable bonds is 19. The number of esters is 2. The molecule has 3 amide bonds. The number of hydrogen-bond donors (Lipinski definition) is 5. The third-order valence-electron chi connectivity index (χ3n) is 9.31. The third-order valence-corrected chi connectivity index (χ3v) is 10.5. The lowest BCUT2D eigenvalue weighted by molar-refractivity contribution is -0.146. The highest BCUT2D eigenvalue weighted by Gasteiger charge is 2.27. The number of nitrogens with one attached hydrogen (secondary N) is 3. The van der Waals surface area contributed by atoms with Crippen LogP contribution in [0.5, 0.6) is 0 Å². The summed E-state index contributed by atoms with van der Waals surface area (Å²) in [7, 11) is 0. The molecule has 6 N–H and O–H groups in total. The Labute approximate surface area is 445 Å². The van der Waals surface area contributed by atoms with E-state index in [0.717, 1.165) is 22.3 Å². The number of carboxylic acid groups (broad SMARTS) is 1. The Hall–Kier alpha value is -6.24. The fourth-order valence-electron chi connectivity index (χ4n) is 6.02. The molecule has 0 aliphatic heterocycles. The van der Waals surface area contributed by atoms with E-state index >= 15 is 0 Å². The zero-order valence-corrected chi connectivity index (χ0v) is 44.9. The van der Waals surface area contributed by atoms with Crippen molar-refractivity contribution in [2.45, 2.75) is 104 Å². The van der Waals surface area contributed by atoms with Gasteiger partial charge in [-0.25, -0.2) is 19.2 Å². The Balaban J connectivity index is 0.000000414. The van der Waals surface area contributed by atoms with Gasteiger partial charge in [-0.1, -0.05) is 107 Å². The minimum atomic E-state index is -1.13. The number of Topliss-reactive ketones (excluding diaryl/α,β-unsaturated/α-hetero) is 2. The maximum absolute atomic E-state index is 13.0. The summed E-state index contributed by atoms with van der Waals surface area (Å²) in [5.74, 6) is -3.61. The highest BCUT2D eigenvalue weighted by atomic mass is 35.5.